The van der Waals surface area contributed by atoms with Gasteiger partial charge in [0.05, 0.1) is 6.04 Å². The Labute approximate surface area is 206 Å². The number of benzene rings is 1. The molecule has 0 radical (unpaired) electrons. The highest BCUT2D eigenvalue weighted by molar-refractivity contribution is 6.30. The number of ether oxygens (including phenoxy) is 1. The first-order chi connectivity index (χ1) is 16.2. The molecule has 0 spiro atoms. The number of rotatable bonds is 12. The summed E-state index contributed by atoms with van der Waals surface area (Å²) in [6, 6.07) is 5.48. The SMILES string of the molecule is CN(C)C(O)CC[C@@H](C=O)NC(=O)C(CC12CCC(CC1)C2)NC(=O)OCc1cccc(Cl)c1. The number of aldehydes is 1. The van der Waals surface area contributed by atoms with Gasteiger partial charge in [0, 0.05) is 5.02 Å². The summed E-state index contributed by atoms with van der Waals surface area (Å²) < 4.78 is 5.35. The van der Waals surface area contributed by atoms with Crippen LogP contribution in [0, 0.1) is 11.3 Å². The molecule has 0 saturated heterocycles. The average Bonchev–Trinajstić information content (AvgIpc) is 3.40. The number of halogens is 1. The summed E-state index contributed by atoms with van der Waals surface area (Å²) in [4.78, 5) is 39.0. The fourth-order valence-electron chi connectivity index (χ4n) is 5.24. The van der Waals surface area contributed by atoms with E-state index < -0.39 is 30.3 Å². The third-order valence-electron chi connectivity index (χ3n) is 7.22. The molecule has 188 valence electrons. The number of nitrogens with zero attached hydrogens (tertiary/aromatic N) is 1. The van der Waals surface area contributed by atoms with Gasteiger partial charge in [-0.25, -0.2) is 4.79 Å². The van der Waals surface area contributed by atoms with E-state index >= 15 is 0 Å². The van der Waals surface area contributed by atoms with Gasteiger partial charge >= 0.3 is 6.09 Å². The molecule has 2 aliphatic rings. The molecule has 3 N–H and O–H groups in total. The quantitative estimate of drug-likeness (QED) is 0.305. The van der Waals surface area contributed by atoms with E-state index in [0.717, 1.165) is 37.7 Å². The molecule has 2 amide bonds. The second-order valence-electron chi connectivity index (χ2n) is 10.0. The van der Waals surface area contributed by atoms with E-state index in [4.69, 9.17) is 16.3 Å². The largest absolute Gasteiger partial charge is 0.445 e. The lowest BCUT2D eigenvalue weighted by Crippen LogP contribution is -2.52. The van der Waals surface area contributed by atoms with Gasteiger partial charge in [0.2, 0.25) is 5.91 Å². The standard InChI is InChI=1S/C25H36ClN3O5/c1-29(2)22(31)7-6-20(15-30)27-23(32)21(14-25-10-8-17(13-25)9-11-25)28-24(33)34-16-18-4-3-5-19(26)12-18/h3-5,12,15,17,20-22,31H,6-11,13-14,16H2,1-2H3,(H,27,32)(H,28,33)/t17?,20-,21?,22?,25?/m0/s1. The zero-order valence-corrected chi connectivity index (χ0v) is 20.7. The number of amides is 2. The van der Waals surface area contributed by atoms with Crippen molar-refractivity contribution in [2.24, 2.45) is 11.3 Å². The number of carbonyl (C=O) groups excluding carboxylic acids is 3. The zero-order chi connectivity index (χ0) is 24.7. The maximum absolute atomic E-state index is 13.2. The van der Waals surface area contributed by atoms with Gasteiger partial charge in [-0.3, -0.25) is 9.69 Å². The van der Waals surface area contributed by atoms with Crippen LogP contribution in [0.2, 0.25) is 5.02 Å². The van der Waals surface area contributed by atoms with Crippen LogP contribution in [-0.4, -0.2) is 60.7 Å². The fourth-order valence-corrected chi connectivity index (χ4v) is 5.46. The van der Waals surface area contributed by atoms with Crippen molar-refractivity contribution in [3.63, 3.8) is 0 Å². The van der Waals surface area contributed by atoms with E-state index in [9.17, 15) is 19.5 Å². The Morgan fingerprint density at radius 3 is 2.59 bits per heavy atom. The highest BCUT2D eigenvalue weighted by Crippen LogP contribution is 2.56. The van der Waals surface area contributed by atoms with E-state index in [0.29, 0.717) is 36.5 Å². The number of nitrogens with one attached hydrogen (secondary N) is 2. The van der Waals surface area contributed by atoms with E-state index in [1.54, 1.807) is 43.3 Å². The minimum absolute atomic E-state index is 0.0351. The van der Waals surface area contributed by atoms with Crippen LogP contribution < -0.4 is 10.6 Å². The van der Waals surface area contributed by atoms with Gasteiger partial charge in [0.15, 0.2) is 0 Å². The zero-order valence-electron chi connectivity index (χ0n) is 20.0. The third kappa shape index (κ3) is 7.42. The van der Waals surface area contributed by atoms with Gasteiger partial charge in [0.1, 0.15) is 25.2 Å². The summed E-state index contributed by atoms with van der Waals surface area (Å²) in [5.74, 6) is 0.301. The maximum atomic E-state index is 13.2. The number of hydrogen-bond acceptors (Lipinski definition) is 6. The Morgan fingerprint density at radius 1 is 1.26 bits per heavy atom. The van der Waals surface area contributed by atoms with E-state index in [-0.39, 0.29) is 12.0 Å². The monoisotopic (exact) mass is 493 g/mol. The van der Waals surface area contributed by atoms with Gasteiger partial charge in [-0.05, 0) is 94.5 Å². The molecule has 2 aliphatic carbocycles. The summed E-state index contributed by atoms with van der Waals surface area (Å²) in [6.07, 6.45) is 5.93. The molecular weight excluding hydrogens is 458 g/mol. The van der Waals surface area contributed by atoms with Crippen LogP contribution in [0.4, 0.5) is 4.79 Å². The minimum atomic E-state index is -0.801. The highest BCUT2D eigenvalue weighted by atomic mass is 35.5. The molecule has 34 heavy (non-hydrogen) atoms. The van der Waals surface area contributed by atoms with E-state index in [1.807, 2.05) is 0 Å². The lowest BCUT2D eigenvalue weighted by atomic mass is 9.78. The smallest absolute Gasteiger partial charge is 0.408 e. The first-order valence-corrected chi connectivity index (χ1v) is 12.4. The number of aliphatic hydroxyl groups is 1. The molecule has 1 aromatic carbocycles. The predicted molar refractivity (Wildman–Crippen MR) is 129 cm³/mol. The molecule has 0 aliphatic heterocycles. The lowest BCUT2D eigenvalue weighted by molar-refractivity contribution is -0.126. The summed E-state index contributed by atoms with van der Waals surface area (Å²) >= 11 is 5.99. The molecule has 2 saturated carbocycles. The molecule has 0 aromatic heterocycles. The number of alkyl carbamates (subject to hydrolysis) is 1. The average molecular weight is 494 g/mol. The summed E-state index contributed by atoms with van der Waals surface area (Å²) in [6.45, 7) is 0.0351. The van der Waals surface area contributed by atoms with Crippen LogP contribution >= 0.6 is 11.6 Å². The molecule has 2 fully saturated rings. The van der Waals surface area contributed by atoms with Crippen molar-refractivity contribution in [2.75, 3.05) is 14.1 Å². The number of fused-ring (bicyclic) bond motifs is 2. The molecule has 9 heteroatoms. The van der Waals surface area contributed by atoms with E-state index in [2.05, 4.69) is 10.6 Å². The van der Waals surface area contributed by atoms with Crippen LogP contribution in [0.25, 0.3) is 0 Å². The molecule has 0 heterocycles. The van der Waals surface area contributed by atoms with Crippen LogP contribution in [-0.2, 0) is 20.9 Å². The summed E-state index contributed by atoms with van der Waals surface area (Å²) in [5, 5.41) is 16.0. The van der Waals surface area contributed by atoms with Crippen molar-refractivity contribution >= 4 is 29.9 Å². The molecule has 8 nitrogen and oxygen atoms in total. The minimum Gasteiger partial charge on any atom is -0.445 e. The first-order valence-electron chi connectivity index (χ1n) is 12.0. The van der Waals surface area contributed by atoms with Crippen molar-refractivity contribution in [1.82, 2.24) is 15.5 Å². The van der Waals surface area contributed by atoms with Crippen LogP contribution in [0.1, 0.15) is 56.9 Å². The van der Waals surface area contributed by atoms with Crippen molar-refractivity contribution in [3.05, 3.63) is 34.9 Å². The van der Waals surface area contributed by atoms with Gasteiger partial charge in [-0.2, -0.15) is 0 Å². The normalized spacial score (nSPS) is 23.9. The van der Waals surface area contributed by atoms with E-state index in [1.165, 1.54) is 0 Å². The molecule has 1 aromatic rings. The fraction of sp³-hybridized carbons (Fsp3) is 0.640. The Bertz CT molecular complexity index is 857. The summed E-state index contributed by atoms with van der Waals surface area (Å²) in [7, 11) is 3.48. The second-order valence-corrected chi connectivity index (χ2v) is 10.5. The Kier molecular flexibility index (Phi) is 9.33. The summed E-state index contributed by atoms with van der Waals surface area (Å²) in [5.41, 5.74) is 0.794. The van der Waals surface area contributed by atoms with Gasteiger partial charge < -0.3 is 25.3 Å². The lowest BCUT2D eigenvalue weighted by Gasteiger charge is -2.31. The number of aliphatic hydroxyl groups excluding tert-OH is 1. The Morgan fingerprint density at radius 2 is 2.00 bits per heavy atom. The Hall–Kier alpha value is -2.16. The van der Waals surface area contributed by atoms with Crippen LogP contribution in [0.15, 0.2) is 24.3 Å². The van der Waals surface area contributed by atoms with Gasteiger partial charge in [0.25, 0.3) is 0 Å². The van der Waals surface area contributed by atoms with Gasteiger partial charge in [-0.15, -0.1) is 0 Å². The van der Waals surface area contributed by atoms with Gasteiger partial charge in [-0.1, -0.05) is 23.7 Å². The van der Waals surface area contributed by atoms with Crippen molar-refractivity contribution < 1.29 is 24.2 Å². The van der Waals surface area contributed by atoms with Crippen molar-refractivity contribution in [2.45, 2.75) is 76.3 Å². The van der Waals surface area contributed by atoms with Crippen molar-refractivity contribution in [1.29, 1.82) is 0 Å². The molecule has 3 atom stereocenters. The molecule has 2 bridgehead atoms. The predicted octanol–water partition coefficient (Wildman–Crippen LogP) is 3.25. The first kappa shape index (κ1) is 26.4. The topological polar surface area (TPSA) is 108 Å². The maximum Gasteiger partial charge on any atom is 0.408 e. The third-order valence-corrected chi connectivity index (χ3v) is 7.45. The van der Waals surface area contributed by atoms with Crippen LogP contribution in [0.5, 0.6) is 0 Å². The number of carbonyl (C=O) groups is 3. The highest BCUT2D eigenvalue weighted by Gasteiger charge is 2.47. The second kappa shape index (κ2) is 12.0. The number of hydrogen-bond donors (Lipinski definition) is 3. The van der Waals surface area contributed by atoms with Crippen LogP contribution in [0.3, 0.4) is 0 Å². The Balaban J connectivity index is 1.61. The molecule has 3 rings (SSSR count). The van der Waals surface area contributed by atoms with Crippen molar-refractivity contribution in [3.8, 4) is 0 Å². The molecule has 2 unspecified atom stereocenters. The molecular formula is C25H36ClN3O5.